The molecule has 2 fully saturated rings. The van der Waals surface area contributed by atoms with E-state index >= 15 is 0 Å². The van der Waals surface area contributed by atoms with Crippen LogP contribution in [0.3, 0.4) is 0 Å². The van der Waals surface area contributed by atoms with Gasteiger partial charge in [0.15, 0.2) is 15.9 Å². The van der Waals surface area contributed by atoms with E-state index in [0.29, 0.717) is 30.4 Å². The number of amides is 3. The van der Waals surface area contributed by atoms with Gasteiger partial charge in [-0.1, -0.05) is 76.3 Å². The molecule has 1 aliphatic heterocycles. The molecule has 0 bridgehead atoms. The van der Waals surface area contributed by atoms with E-state index in [-0.39, 0.29) is 25.1 Å². The number of likely N-dealkylation sites (N-methyl/N-ethyl adjacent to an activating group) is 1. The van der Waals surface area contributed by atoms with Gasteiger partial charge in [0.2, 0.25) is 5.91 Å². The molecular formula is C34H51N5O7S. The van der Waals surface area contributed by atoms with Crippen LogP contribution in [-0.2, 0) is 37.0 Å². The maximum atomic E-state index is 14.2. The van der Waals surface area contributed by atoms with E-state index in [1.54, 1.807) is 30.5 Å². The van der Waals surface area contributed by atoms with Gasteiger partial charge < -0.3 is 25.0 Å². The van der Waals surface area contributed by atoms with Gasteiger partial charge in [-0.15, -0.1) is 0 Å². The molecule has 1 saturated carbocycles. The summed E-state index contributed by atoms with van der Waals surface area (Å²) in [4.78, 5) is 50.9. The number of aliphatic hydroxyl groups is 1. The van der Waals surface area contributed by atoms with Gasteiger partial charge in [-0.25, -0.2) is 18.2 Å². The largest absolute Gasteiger partial charge is 0.436 e. The van der Waals surface area contributed by atoms with E-state index in [4.69, 9.17) is 4.74 Å². The number of aromatic nitrogens is 2. The fourth-order valence-corrected chi connectivity index (χ4v) is 7.77. The zero-order valence-electron chi connectivity index (χ0n) is 27.8. The molecule has 2 aromatic rings. The first kappa shape index (κ1) is 36.4. The number of nitrogens with one attached hydrogen (secondary N) is 2. The minimum Gasteiger partial charge on any atom is -0.436 e. The van der Waals surface area contributed by atoms with Crippen molar-refractivity contribution < 1.29 is 32.6 Å². The fraction of sp³-hybridized carbons (Fsp3) is 0.647. The van der Waals surface area contributed by atoms with Crippen molar-refractivity contribution in [2.24, 2.45) is 11.8 Å². The second kappa shape index (κ2) is 17.1. The SMILES string of the molecule is CC(C)CCC(O)C(CC1CCCCC1)NC(=O)[C@H](Cc1c[nH]cn1)N(C)C(=O)C(Cc1ccccc1)OC(=O)N1CCS(=O)(=O)C1. The van der Waals surface area contributed by atoms with Gasteiger partial charge in [-0.05, 0) is 36.7 Å². The van der Waals surface area contributed by atoms with Gasteiger partial charge in [-0.2, -0.15) is 0 Å². The highest BCUT2D eigenvalue weighted by Crippen LogP contribution is 2.29. The number of H-pyrrole nitrogens is 1. The monoisotopic (exact) mass is 673 g/mol. The van der Waals surface area contributed by atoms with E-state index in [0.717, 1.165) is 42.6 Å². The molecular weight excluding hydrogens is 622 g/mol. The van der Waals surface area contributed by atoms with Crippen molar-refractivity contribution in [2.75, 3.05) is 25.2 Å². The Kier molecular flexibility index (Phi) is 13.2. The molecule has 3 N–H and O–H groups in total. The fourth-order valence-electron chi connectivity index (χ4n) is 6.43. The Morgan fingerprint density at radius 1 is 1.11 bits per heavy atom. The normalized spacial score (nSPS) is 19.1. The van der Waals surface area contributed by atoms with Crippen molar-refractivity contribution in [1.82, 2.24) is 25.1 Å². The summed E-state index contributed by atoms with van der Waals surface area (Å²) in [6.45, 7) is 4.18. The Hall–Kier alpha value is -3.45. The Morgan fingerprint density at radius 3 is 2.45 bits per heavy atom. The maximum absolute atomic E-state index is 14.2. The first-order valence-electron chi connectivity index (χ1n) is 16.8. The number of nitrogens with zero attached hydrogens (tertiary/aromatic N) is 3. The minimum atomic E-state index is -3.42. The standard InChI is InChI=1S/C34H51N5O7S/c1-24(2)14-15-30(40)28(18-25-10-6-4-7-11-25)37-32(41)29(20-27-21-35-22-36-27)38(3)33(42)31(19-26-12-8-5-9-13-26)46-34(43)39-16-17-47(44,45)23-39/h5,8-9,12-13,21-22,24-25,28-31,40H,4,6-7,10-11,14-20,23H2,1-3H3,(H,35,36)(H,37,41)/t28?,29-,30?,31?/m0/s1. The molecule has 47 heavy (non-hydrogen) atoms. The van der Waals surface area contributed by atoms with Crippen molar-refractivity contribution in [1.29, 1.82) is 0 Å². The lowest BCUT2D eigenvalue weighted by molar-refractivity contribution is -0.146. The molecule has 1 saturated heterocycles. The van der Waals surface area contributed by atoms with Crippen LogP contribution in [-0.4, -0.2) is 101 Å². The maximum Gasteiger partial charge on any atom is 0.411 e. The molecule has 12 nitrogen and oxygen atoms in total. The molecule has 1 aromatic carbocycles. The number of benzene rings is 1. The number of rotatable bonds is 15. The zero-order valence-corrected chi connectivity index (χ0v) is 28.7. The van der Waals surface area contributed by atoms with E-state index in [1.807, 2.05) is 6.07 Å². The molecule has 1 aromatic heterocycles. The second-order valence-corrected chi connectivity index (χ2v) is 15.7. The van der Waals surface area contributed by atoms with E-state index in [9.17, 15) is 27.9 Å². The van der Waals surface area contributed by atoms with Crippen molar-refractivity contribution >= 4 is 27.7 Å². The number of imidazole rings is 1. The van der Waals surface area contributed by atoms with Crippen LogP contribution >= 0.6 is 0 Å². The highest BCUT2D eigenvalue weighted by atomic mass is 32.2. The van der Waals surface area contributed by atoms with Crippen molar-refractivity contribution in [3.63, 3.8) is 0 Å². The van der Waals surface area contributed by atoms with E-state index < -0.39 is 57.9 Å². The number of aromatic amines is 1. The Balaban J connectivity index is 1.57. The molecule has 4 atom stereocenters. The lowest BCUT2D eigenvalue weighted by Crippen LogP contribution is -2.56. The summed E-state index contributed by atoms with van der Waals surface area (Å²) in [5, 5.41) is 14.4. The molecule has 3 amide bonds. The molecule has 0 spiro atoms. The molecule has 2 aliphatic rings. The summed E-state index contributed by atoms with van der Waals surface area (Å²) >= 11 is 0. The average molecular weight is 674 g/mol. The van der Waals surface area contributed by atoms with Crippen molar-refractivity contribution in [3.8, 4) is 0 Å². The Labute approximate surface area is 278 Å². The van der Waals surface area contributed by atoms with Crippen LogP contribution in [0.5, 0.6) is 0 Å². The van der Waals surface area contributed by atoms with Gasteiger partial charge >= 0.3 is 6.09 Å². The Morgan fingerprint density at radius 2 is 1.83 bits per heavy atom. The molecule has 3 unspecified atom stereocenters. The van der Waals surface area contributed by atoms with E-state index in [1.165, 1.54) is 24.7 Å². The third-order valence-corrected chi connectivity index (χ3v) is 10.8. The van der Waals surface area contributed by atoms with Gasteiger partial charge in [0.05, 0.1) is 29.9 Å². The molecule has 1 aliphatic carbocycles. The highest BCUT2D eigenvalue weighted by molar-refractivity contribution is 7.91. The predicted molar refractivity (Wildman–Crippen MR) is 178 cm³/mol. The van der Waals surface area contributed by atoms with E-state index in [2.05, 4.69) is 29.1 Å². The lowest BCUT2D eigenvalue weighted by atomic mass is 9.83. The number of hydrogen-bond donors (Lipinski definition) is 3. The molecule has 4 rings (SSSR count). The lowest BCUT2D eigenvalue weighted by Gasteiger charge is -2.34. The molecule has 260 valence electrons. The van der Waals surface area contributed by atoms with Crippen molar-refractivity contribution in [2.45, 2.75) is 102 Å². The number of aliphatic hydroxyl groups excluding tert-OH is 1. The number of hydrogen-bond acceptors (Lipinski definition) is 8. The van der Waals surface area contributed by atoms with Gasteiger partial charge in [0.25, 0.3) is 5.91 Å². The third kappa shape index (κ3) is 11.1. The average Bonchev–Trinajstić information content (AvgIpc) is 3.71. The van der Waals surface area contributed by atoms with Gasteiger partial charge in [-0.3, -0.25) is 14.5 Å². The van der Waals surface area contributed by atoms with Crippen LogP contribution in [0.1, 0.15) is 76.5 Å². The summed E-state index contributed by atoms with van der Waals surface area (Å²) in [7, 11) is -1.92. The van der Waals surface area contributed by atoms with Crippen LogP contribution in [0.4, 0.5) is 4.79 Å². The van der Waals surface area contributed by atoms with Crippen LogP contribution < -0.4 is 5.32 Å². The second-order valence-electron chi connectivity index (χ2n) is 13.5. The number of sulfone groups is 1. The summed E-state index contributed by atoms with van der Waals surface area (Å²) in [6, 6.07) is 7.54. The van der Waals surface area contributed by atoms with Crippen LogP contribution in [0.15, 0.2) is 42.9 Å². The quantitative estimate of drug-likeness (QED) is 0.259. The van der Waals surface area contributed by atoms with Crippen LogP contribution in [0.25, 0.3) is 0 Å². The molecule has 0 radical (unpaired) electrons. The van der Waals surface area contributed by atoms with Crippen LogP contribution in [0, 0.1) is 11.8 Å². The summed E-state index contributed by atoms with van der Waals surface area (Å²) in [5.74, 6) is -0.879. The number of carbonyl (C=O) groups is 3. The smallest absolute Gasteiger partial charge is 0.411 e. The summed E-state index contributed by atoms with van der Waals surface area (Å²) < 4.78 is 29.7. The van der Waals surface area contributed by atoms with Gasteiger partial charge in [0.1, 0.15) is 11.9 Å². The topological polar surface area (TPSA) is 162 Å². The van der Waals surface area contributed by atoms with Gasteiger partial charge in [0, 0.05) is 32.6 Å². The first-order valence-corrected chi connectivity index (χ1v) is 18.7. The summed E-state index contributed by atoms with van der Waals surface area (Å²) in [6.07, 6.45) is 7.94. The molecule has 2 heterocycles. The predicted octanol–water partition coefficient (Wildman–Crippen LogP) is 3.47. The van der Waals surface area contributed by atoms with Crippen LogP contribution in [0.2, 0.25) is 0 Å². The van der Waals surface area contributed by atoms with Crippen molar-refractivity contribution in [3.05, 3.63) is 54.1 Å². The highest BCUT2D eigenvalue weighted by Gasteiger charge is 2.38. The minimum absolute atomic E-state index is 0.0189. The third-order valence-electron chi connectivity index (χ3n) is 9.28. The first-order chi connectivity index (χ1) is 22.4. The number of carbonyl (C=O) groups excluding carboxylic acids is 3. The number of ether oxygens (including phenoxy) is 1. The zero-order chi connectivity index (χ0) is 34.0. The summed E-state index contributed by atoms with van der Waals surface area (Å²) in [5.41, 5.74) is 1.29. The Bertz CT molecular complexity index is 1400. The molecule has 13 heteroatoms.